The average Bonchev–Trinajstić information content (AvgIpc) is 2.61. The highest BCUT2D eigenvalue weighted by atomic mass is 15.3. The van der Waals surface area contributed by atoms with E-state index in [1.807, 2.05) is 18.5 Å². The zero-order chi connectivity index (χ0) is 16.4. The molecule has 126 valence electrons. The summed E-state index contributed by atoms with van der Waals surface area (Å²) < 4.78 is 0. The summed E-state index contributed by atoms with van der Waals surface area (Å²) in [7, 11) is 0. The van der Waals surface area contributed by atoms with Crippen LogP contribution >= 0.6 is 0 Å². The molecule has 0 amide bonds. The van der Waals surface area contributed by atoms with E-state index in [9.17, 15) is 0 Å². The summed E-state index contributed by atoms with van der Waals surface area (Å²) in [6.45, 7) is 5.37. The lowest BCUT2D eigenvalue weighted by Gasteiger charge is -2.40. The van der Waals surface area contributed by atoms with E-state index in [-0.39, 0.29) is 0 Å². The lowest BCUT2D eigenvalue weighted by atomic mass is 9.95. The Morgan fingerprint density at radius 2 is 2.12 bits per heavy atom. The summed E-state index contributed by atoms with van der Waals surface area (Å²) in [6.07, 6.45) is 8.57. The standard InChI is InChI=1S/C19H25N5/c1-14(17-6-4-8-20-11-17)21-10-15-12-24(13-15)19-9-16-5-2-3-7-18(16)22-23-19/h4,6,8-9,11,14-15,21H,2-3,5,7,10,12-13H2,1H3. The average molecular weight is 323 g/mol. The molecule has 0 bridgehead atoms. The molecule has 0 saturated carbocycles. The van der Waals surface area contributed by atoms with E-state index in [1.54, 1.807) is 0 Å². The van der Waals surface area contributed by atoms with Crippen LogP contribution in [-0.4, -0.2) is 34.8 Å². The Balaban J connectivity index is 1.28. The maximum absolute atomic E-state index is 4.45. The van der Waals surface area contributed by atoms with Crippen molar-refractivity contribution in [3.63, 3.8) is 0 Å². The van der Waals surface area contributed by atoms with E-state index < -0.39 is 0 Å². The highest BCUT2D eigenvalue weighted by molar-refractivity contribution is 5.44. The van der Waals surface area contributed by atoms with Crippen molar-refractivity contribution >= 4 is 5.82 Å². The first-order valence-electron chi connectivity index (χ1n) is 9.03. The van der Waals surface area contributed by atoms with Gasteiger partial charge >= 0.3 is 0 Å². The monoisotopic (exact) mass is 323 g/mol. The first kappa shape index (κ1) is 15.5. The smallest absolute Gasteiger partial charge is 0.151 e. The maximum atomic E-state index is 4.45. The zero-order valence-corrected chi connectivity index (χ0v) is 14.3. The molecule has 2 aliphatic rings. The molecule has 0 radical (unpaired) electrons. The first-order chi connectivity index (χ1) is 11.8. The fourth-order valence-corrected chi connectivity index (χ4v) is 3.61. The van der Waals surface area contributed by atoms with Gasteiger partial charge in [-0.3, -0.25) is 4.98 Å². The number of pyridine rings is 1. The van der Waals surface area contributed by atoms with Gasteiger partial charge in [-0.15, -0.1) is 5.10 Å². The van der Waals surface area contributed by atoms with Gasteiger partial charge in [0, 0.05) is 44.0 Å². The Labute approximate surface area is 143 Å². The molecule has 4 rings (SSSR count). The molecule has 2 aromatic rings. The third-order valence-electron chi connectivity index (χ3n) is 5.24. The van der Waals surface area contributed by atoms with Crippen LogP contribution in [0.15, 0.2) is 30.6 Å². The normalized spacial score (nSPS) is 18.8. The minimum Gasteiger partial charge on any atom is -0.354 e. The molecule has 5 nitrogen and oxygen atoms in total. The Hall–Kier alpha value is -2.01. The molecule has 1 aliphatic carbocycles. The molecule has 1 aliphatic heterocycles. The van der Waals surface area contributed by atoms with E-state index in [4.69, 9.17) is 0 Å². The summed E-state index contributed by atoms with van der Waals surface area (Å²) in [6, 6.07) is 6.73. The fourth-order valence-electron chi connectivity index (χ4n) is 3.61. The molecule has 1 atom stereocenters. The Morgan fingerprint density at radius 3 is 2.96 bits per heavy atom. The van der Waals surface area contributed by atoms with E-state index in [0.29, 0.717) is 12.0 Å². The van der Waals surface area contributed by atoms with Crippen molar-refractivity contribution < 1.29 is 0 Å². The minimum atomic E-state index is 0.344. The SMILES string of the molecule is CC(NCC1CN(c2cc3c(nn2)CCCC3)C1)c1cccnc1. The second-order valence-electron chi connectivity index (χ2n) is 7.07. The van der Waals surface area contributed by atoms with Crippen LogP contribution in [0.3, 0.4) is 0 Å². The third-order valence-corrected chi connectivity index (χ3v) is 5.24. The molecular formula is C19H25N5. The minimum absolute atomic E-state index is 0.344. The Kier molecular flexibility index (Phi) is 4.43. The molecule has 1 saturated heterocycles. The van der Waals surface area contributed by atoms with Gasteiger partial charge in [0.05, 0.1) is 5.69 Å². The van der Waals surface area contributed by atoms with Gasteiger partial charge in [-0.05, 0) is 55.9 Å². The number of aromatic nitrogens is 3. The van der Waals surface area contributed by atoms with Crippen LogP contribution in [0.5, 0.6) is 0 Å². The molecule has 2 aromatic heterocycles. The number of anilines is 1. The summed E-state index contributed by atoms with van der Waals surface area (Å²) in [4.78, 5) is 6.54. The number of hydrogen-bond donors (Lipinski definition) is 1. The van der Waals surface area contributed by atoms with Crippen LogP contribution in [0.4, 0.5) is 5.82 Å². The summed E-state index contributed by atoms with van der Waals surface area (Å²) in [5.41, 5.74) is 3.88. The molecule has 5 heteroatoms. The van der Waals surface area contributed by atoms with Crippen LogP contribution < -0.4 is 10.2 Å². The molecule has 3 heterocycles. The van der Waals surface area contributed by atoms with Crippen LogP contribution in [0, 0.1) is 5.92 Å². The van der Waals surface area contributed by atoms with E-state index in [2.05, 4.69) is 44.5 Å². The number of fused-ring (bicyclic) bond motifs is 1. The summed E-state index contributed by atoms with van der Waals surface area (Å²) in [5.74, 6) is 1.74. The van der Waals surface area contributed by atoms with Crippen LogP contribution in [0.2, 0.25) is 0 Å². The van der Waals surface area contributed by atoms with Crippen molar-refractivity contribution in [1.82, 2.24) is 20.5 Å². The van der Waals surface area contributed by atoms with Crippen molar-refractivity contribution in [2.45, 2.75) is 38.6 Å². The first-order valence-corrected chi connectivity index (χ1v) is 9.03. The van der Waals surface area contributed by atoms with Crippen LogP contribution in [0.25, 0.3) is 0 Å². The number of aryl methyl sites for hydroxylation is 2. The number of hydrogen-bond acceptors (Lipinski definition) is 5. The fraction of sp³-hybridized carbons (Fsp3) is 0.526. The van der Waals surface area contributed by atoms with Gasteiger partial charge in [-0.2, -0.15) is 5.10 Å². The van der Waals surface area contributed by atoms with Crippen molar-refractivity contribution in [2.24, 2.45) is 5.92 Å². The predicted molar refractivity (Wildman–Crippen MR) is 95.0 cm³/mol. The lowest BCUT2D eigenvalue weighted by molar-refractivity contribution is 0.365. The lowest BCUT2D eigenvalue weighted by Crippen LogP contribution is -2.51. The van der Waals surface area contributed by atoms with E-state index in [0.717, 1.165) is 31.9 Å². The Morgan fingerprint density at radius 1 is 1.25 bits per heavy atom. The van der Waals surface area contributed by atoms with E-state index in [1.165, 1.54) is 36.1 Å². The molecule has 1 N–H and O–H groups in total. The molecule has 0 spiro atoms. The van der Waals surface area contributed by atoms with Crippen molar-refractivity contribution in [2.75, 3.05) is 24.5 Å². The quantitative estimate of drug-likeness (QED) is 0.916. The second-order valence-corrected chi connectivity index (χ2v) is 7.07. The zero-order valence-electron chi connectivity index (χ0n) is 14.3. The summed E-state index contributed by atoms with van der Waals surface area (Å²) in [5, 5.41) is 12.5. The topological polar surface area (TPSA) is 53.9 Å². The van der Waals surface area contributed by atoms with Gasteiger partial charge in [-0.1, -0.05) is 6.07 Å². The number of rotatable bonds is 5. The number of nitrogens with one attached hydrogen (secondary N) is 1. The largest absolute Gasteiger partial charge is 0.354 e. The molecule has 24 heavy (non-hydrogen) atoms. The van der Waals surface area contributed by atoms with Gasteiger partial charge in [0.15, 0.2) is 5.82 Å². The van der Waals surface area contributed by atoms with Crippen LogP contribution in [0.1, 0.15) is 42.6 Å². The maximum Gasteiger partial charge on any atom is 0.151 e. The molecule has 1 unspecified atom stereocenters. The highest BCUT2D eigenvalue weighted by Gasteiger charge is 2.28. The molecule has 1 fully saturated rings. The highest BCUT2D eigenvalue weighted by Crippen LogP contribution is 2.26. The predicted octanol–water partition coefficient (Wildman–Crippen LogP) is 2.54. The van der Waals surface area contributed by atoms with Gasteiger partial charge < -0.3 is 10.2 Å². The van der Waals surface area contributed by atoms with Gasteiger partial charge in [-0.25, -0.2) is 0 Å². The van der Waals surface area contributed by atoms with Crippen LogP contribution in [-0.2, 0) is 12.8 Å². The van der Waals surface area contributed by atoms with Gasteiger partial charge in [0.25, 0.3) is 0 Å². The van der Waals surface area contributed by atoms with Crippen molar-refractivity contribution in [1.29, 1.82) is 0 Å². The third kappa shape index (κ3) is 3.26. The summed E-state index contributed by atoms with van der Waals surface area (Å²) >= 11 is 0. The molecule has 0 aromatic carbocycles. The number of nitrogens with zero attached hydrogens (tertiary/aromatic N) is 4. The Bertz CT molecular complexity index is 681. The van der Waals surface area contributed by atoms with Gasteiger partial charge in [0.2, 0.25) is 0 Å². The molecular weight excluding hydrogens is 298 g/mol. The van der Waals surface area contributed by atoms with Crippen molar-refractivity contribution in [3.05, 3.63) is 47.4 Å². The van der Waals surface area contributed by atoms with Gasteiger partial charge in [0.1, 0.15) is 0 Å². The van der Waals surface area contributed by atoms with E-state index >= 15 is 0 Å². The second kappa shape index (κ2) is 6.85. The van der Waals surface area contributed by atoms with Crippen molar-refractivity contribution in [3.8, 4) is 0 Å².